The van der Waals surface area contributed by atoms with E-state index in [1.807, 2.05) is 26.8 Å². The monoisotopic (exact) mass is 293 g/mol. The lowest BCUT2D eigenvalue weighted by Gasteiger charge is -2.30. The molecule has 2 heterocycles. The van der Waals surface area contributed by atoms with Gasteiger partial charge in [0.2, 0.25) is 0 Å². The molecule has 0 bridgehead atoms. The second-order valence-corrected chi connectivity index (χ2v) is 6.25. The first kappa shape index (κ1) is 15.6. The lowest BCUT2D eigenvalue weighted by Crippen LogP contribution is -2.36. The van der Waals surface area contributed by atoms with Gasteiger partial charge in [-0.1, -0.05) is 0 Å². The summed E-state index contributed by atoms with van der Waals surface area (Å²) in [7, 11) is 0. The Hall–Kier alpha value is -1.82. The molecule has 0 aliphatic carbocycles. The number of nitrogens with one attached hydrogen (secondary N) is 1. The van der Waals surface area contributed by atoms with E-state index >= 15 is 0 Å². The molecule has 1 aromatic rings. The number of anilines is 2. The van der Waals surface area contributed by atoms with Crippen LogP contribution >= 0.6 is 0 Å². The maximum absolute atomic E-state index is 11.7. The van der Waals surface area contributed by atoms with Gasteiger partial charge in [0.25, 0.3) is 0 Å². The zero-order valence-electron chi connectivity index (χ0n) is 12.8. The van der Waals surface area contributed by atoms with Crippen LogP contribution in [0, 0.1) is 0 Å². The van der Waals surface area contributed by atoms with Gasteiger partial charge < -0.3 is 14.7 Å². The second-order valence-electron chi connectivity index (χ2n) is 6.25. The van der Waals surface area contributed by atoms with Gasteiger partial charge in [-0.25, -0.2) is 9.78 Å². The van der Waals surface area contributed by atoms with Crippen LogP contribution in [0.2, 0.25) is 0 Å². The summed E-state index contributed by atoms with van der Waals surface area (Å²) in [6, 6.07) is 3.67. The van der Waals surface area contributed by atoms with Crippen LogP contribution in [0.4, 0.5) is 16.3 Å². The Morgan fingerprint density at radius 3 is 2.57 bits per heavy atom. The van der Waals surface area contributed by atoms with Crippen molar-refractivity contribution in [3.05, 3.63) is 18.3 Å². The maximum Gasteiger partial charge on any atom is 0.412 e. The molecule has 1 aromatic heterocycles. The van der Waals surface area contributed by atoms with Crippen LogP contribution in [-0.2, 0) is 4.74 Å². The highest BCUT2D eigenvalue weighted by Gasteiger charge is 2.19. The average molecular weight is 293 g/mol. The fourth-order valence-electron chi connectivity index (χ4n) is 2.16. The lowest BCUT2D eigenvalue weighted by molar-refractivity contribution is 0.0636. The number of hydrogen-bond donors (Lipinski definition) is 2. The van der Waals surface area contributed by atoms with Crippen LogP contribution in [-0.4, -0.2) is 41.0 Å². The molecule has 1 saturated heterocycles. The van der Waals surface area contributed by atoms with Crippen LogP contribution < -0.4 is 10.2 Å². The summed E-state index contributed by atoms with van der Waals surface area (Å²) in [5.74, 6) is 0.858. The molecular formula is C15H23N3O3. The topological polar surface area (TPSA) is 74.7 Å². The normalized spacial score (nSPS) is 16.7. The van der Waals surface area contributed by atoms with Crippen molar-refractivity contribution in [3.63, 3.8) is 0 Å². The van der Waals surface area contributed by atoms with E-state index in [4.69, 9.17) is 4.74 Å². The second kappa shape index (κ2) is 6.30. The summed E-state index contributed by atoms with van der Waals surface area (Å²) in [6.07, 6.45) is 2.45. The fourth-order valence-corrected chi connectivity index (χ4v) is 2.16. The van der Waals surface area contributed by atoms with Gasteiger partial charge in [-0.15, -0.1) is 0 Å². The highest BCUT2D eigenvalue weighted by Crippen LogP contribution is 2.19. The third-order valence-electron chi connectivity index (χ3n) is 3.18. The molecule has 116 valence electrons. The Morgan fingerprint density at radius 1 is 1.38 bits per heavy atom. The largest absolute Gasteiger partial charge is 0.444 e. The first-order chi connectivity index (χ1) is 9.83. The Balaban J connectivity index is 1.91. The number of ether oxygens (including phenoxy) is 1. The number of aromatic nitrogens is 1. The standard InChI is InChI=1S/C15H23N3O3/c1-15(2,3)21-14(20)17-11-4-5-13(16-10-11)18-8-6-12(19)7-9-18/h4-5,10,12,19H,6-9H2,1-3H3,(H,17,20). The van der Waals surface area contributed by atoms with E-state index in [0.717, 1.165) is 31.7 Å². The van der Waals surface area contributed by atoms with Crippen LogP contribution in [0.15, 0.2) is 18.3 Å². The van der Waals surface area contributed by atoms with Crippen molar-refractivity contribution in [1.29, 1.82) is 0 Å². The number of hydrogen-bond acceptors (Lipinski definition) is 5. The van der Waals surface area contributed by atoms with Gasteiger partial charge in [-0.3, -0.25) is 5.32 Å². The van der Waals surface area contributed by atoms with Crippen molar-refractivity contribution in [2.75, 3.05) is 23.3 Å². The van der Waals surface area contributed by atoms with Gasteiger partial charge >= 0.3 is 6.09 Å². The molecule has 0 spiro atoms. The Bertz CT molecular complexity index is 474. The van der Waals surface area contributed by atoms with Crippen LogP contribution in [0.5, 0.6) is 0 Å². The predicted molar refractivity (Wildman–Crippen MR) is 81.5 cm³/mol. The molecule has 1 aliphatic rings. The number of aliphatic hydroxyl groups is 1. The van der Waals surface area contributed by atoms with Gasteiger partial charge in [0.1, 0.15) is 11.4 Å². The third-order valence-corrected chi connectivity index (χ3v) is 3.18. The van der Waals surface area contributed by atoms with E-state index in [0.29, 0.717) is 5.69 Å². The first-order valence-electron chi connectivity index (χ1n) is 7.22. The SMILES string of the molecule is CC(C)(C)OC(=O)Nc1ccc(N2CCC(O)CC2)nc1. The summed E-state index contributed by atoms with van der Waals surface area (Å²) in [5, 5.41) is 12.2. The molecule has 0 radical (unpaired) electrons. The Labute approximate surface area is 125 Å². The zero-order valence-corrected chi connectivity index (χ0v) is 12.8. The van der Waals surface area contributed by atoms with E-state index in [1.165, 1.54) is 0 Å². The number of aliphatic hydroxyl groups excluding tert-OH is 1. The predicted octanol–water partition coefficient (Wildman–Crippen LogP) is 2.39. The minimum absolute atomic E-state index is 0.200. The van der Waals surface area contributed by atoms with E-state index in [9.17, 15) is 9.90 Å². The lowest BCUT2D eigenvalue weighted by atomic mass is 10.1. The summed E-state index contributed by atoms with van der Waals surface area (Å²) in [5.41, 5.74) is 0.0802. The van der Waals surface area contributed by atoms with Crippen molar-refractivity contribution in [2.45, 2.75) is 45.3 Å². The molecule has 21 heavy (non-hydrogen) atoms. The molecule has 2 rings (SSSR count). The summed E-state index contributed by atoms with van der Waals surface area (Å²) in [4.78, 5) is 18.1. The van der Waals surface area contributed by atoms with E-state index in [-0.39, 0.29) is 6.10 Å². The molecule has 1 aliphatic heterocycles. The fraction of sp³-hybridized carbons (Fsp3) is 0.600. The number of nitrogens with zero attached hydrogens (tertiary/aromatic N) is 2. The molecule has 0 aromatic carbocycles. The average Bonchev–Trinajstić information content (AvgIpc) is 2.38. The number of rotatable bonds is 2. The summed E-state index contributed by atoms with van der Waals surface area (Å²) in [6.45, 7) is 7.05. The molecule has 0 saturated carbocycles. The van der Waals surface area contributed by atoms with Gasteiger partial charge in [0, 0.05) is 13.1 Å². The van der Waals surface area contributed by atoms with Crippen molar-refractivity contribution in [3.8, 4) is 0 Å². The first-order valence-corrected chi connectivity index (χ1v) is 7.22. The highest BCUT2D eigenvalue weighted by atomic mass is 16.6. The van der Waals surface area contributed by atoms with Crippen LogP contribution in [0.1, 0.15) is 33.6 Å². The Morgan fingerprint density at radius 2 is 2.05 bits per heavy atom. The van der Waals surface area contributed by atoms with E-state index < -0.39 is 11.7 Å². The van der Waals surface area contributed by atoms with E-state index in [1.54, 1.807) is 12.3 Å². The number of carbonyl (C=O) groups excluding carboxylic acids is 1. The zero-order chi connectivity index (χ0) is 15.5. The molecular weight excluding hydrogens is 270 g/mol. The maximum atomic E-state index is 11.7. The van der Waals surface area contributed by atoms with E-state index in [2.05, 4.69) is 15.2 Å². The quantitative estimate of drug-likeness (QED) is 0.875. The summed E-state index contributed by atoms with van der Waals surface area (Å²) < 4.78 is 5.18. The minimum Gasteiger partial charge on any atom is -0.444 e. The third kappa shape index (κ3) is 4.90. The smallest absolute Gasteiger partial charge is 0.412 e. The molecule has 1 amide bonds. The number of piperidine rings is 1. The molecule has 1 fully saturated rings. The summed E-state index contributed by atoms with van der Waals surface area (Å²) >= 11 is 0. The molecule has 0 unspecified atom stereocenters. The minimum atomic E-state index is -0.522. The van der Waals surface area contributed by atoms with Gasteiger partial charge in [0.15, 0.2) is 0 Å². The van der Waals surface area contributed by atoms with Gasteiger partial charge in [-0.05, 0) is 45.7 Å². The number of carbonyl (C=O) groups is 1. The molecule has 2 N–H and O–H groups in total. The molecule has 6 heteroatoms. The van der Waals surface area contributed by atoms with Crippen LogP contribution in [0.3, 0.4) is 0 Å². The van der Waals surface area contributed by atoms with Crippen LogP contribution in [0.25, 0.3) is 0 Å². The highest BCUT2D eigenvalue weighted by molar-refractivity contribution is 5.84. The van der Waals surface area contributed by atoms with Crippen molar-refractivity contribution >= 4 is 17.6 Å². The number of amides is 1. The molecule has 0 atom stereocenters. The van der Waals surface area contributed by atoms with Crippen molar-refractivity contribution in [2.24, 2.45) is 0 Å². The van der Waals surface area contributed by atoms with Gasteiger partial charge in [-0.2, -0.15) is 0 Å². The van der Waals surface area contributed by atoms with Crippen molar-refractivity contribution in [1.82, 2.24) is 4.98 Å². The van der Waals surface area contributed by atoms with Crippen molar-refractivity contribution < 1.29 is 14.6 Å². The van der Waals surface area contributed by atoms with Gasteiger partial charge in [0.05, 0.1) is 18.0 Å². The molecule has 6 nitrogen and oxygen atoms in total. The number of pyridine rings is 1. The Kier molecular flexibility index (Phi) is 4.67.